The molecule has 0 heterocycles. The summed E-state index contributed by atoms with van der Waals surface area (Å²) in [5.74, 6) is 0. The lowest BCUT2D eigenvalue weighted by atomic mass is 10.00. The molecule has 1 unspecified atom stereocenters. The molecule has 2 heteroatoms. The largest absolute Gasteiger partial charge is 0.0840 e. The van der Waals surface area contributed by atoms with Crippen molar-refractivity contribution < 1.29 is 0 Å². The summed E-state index contributed by atoms with van der Waals surface area (Å²) in [5, 5.41) is 0.845. The van der Waals surface area contributed by atoms with E-state index in [0.717, 1.165) is 11.4 Å². The van der Waals surface area contributed by atoms with Crippen LogP contribution in [0.3, 0.4) is 0 Å². The molecule has 0 nitrogen and oxygen atoms in total. The topological polar surface area (TPSA) is 0 Å². The molecule has 2 rings (SSSR count). The first-order valence-corrected chi connectivity index (χ1v) is 7.73. The van der Waals surface area contributed by atoms with Gasteiger partial charge in [-0.05, 0) is 55.5 Å². The summed E-state index contributed by atoms with van der Waals surface area (Å²) in [4.78, 5) is 0.252. The number of aryl methyl sites for hydroxylation is 3. The lowest BCUT2D eigenvalue weighted by Gasteiger charge is -2.14. The van der Waals surface area contributed by atoms with Crippen molar-refractivity contribution in [3.63, 3.8) is 0 Å². The molecular weight excluding hydrogens is 320 g/mol. The van der Waals surface area contributed by atoms with E-state index in [0.29, 0.717) is 0 Å². The van der Waals surface area contributed by atoms with Crippen LogP contribution in [-0.4, -0.2) is 0 Å². The van der Waals surface area contributed by atoms with Gasteiger partial charge in [-0.15, -0.1) is 0 Å². The molecule has 0 fully saturated rings. The predicted octanol–water partition coefficient (Wildman–Crippen LogP) is 5.94. The zero-order valence-corrected chi connectivity index (χ0v) is 13.8. The van der Waals surface area contributed by atoms with Crippen LogP contribution < -0.4 is 0 Å². The average molecular weight is 338 g/mol. The van der Waals surface area contributed by atoms with Gasteiger partial charge in [-0.25, -0.2) is 0 Å². The second kappa shape index (κ2) is 6.11. The molecule has 0 bridgehead atoms. The molecule has 0 N–H and O–H groups in total. The van der Waals surface area contributed by atoms with Crippen molar-refractivity contribution in [3.8, 4) is 0 Å². The molecule has 0 aliphatic carbocycles. The van der Waals surface area contributed by atoms with Gasteiger partial charge in [-0.2, -0.15) is 0 Å². The molecule has 0 aromatic heterocycles. The Balaban J connectivity index is 2.22. The number of alkyl halides is 1. The van der Waals surface area contributed by atoms with Gasteiger partial charge in [0, 0.05) is 9.85 Å². The molecule has 2 aromatic rings. The third kappa shape index (κ3) is 3.61. The van der Waals surface area contributed by atoms with E-state index in [4.69, 9.17) is 11.6 Å². The first-order valence-electron chi connectivity index (χ1n) is 6.43. The summed E-state index contributed by atoms with van der Waals surface area (Å²) < 4.78 is 0. The van der Waals surface area contributed by atoms with Gasteiger partial charge >= 0.3 is 0 Å². The van der Waals surface area contributed by atoms with Crippen molar-refractivity contribution in [2.75, 3.05) is 0 Å². The third-order valence-electron chi connectivity index (χ3n) is 3.49. The Hall–Kier alpha value is -0.790. The van der Waals surface area contributed by atoms with E-state index in [2.05, 4.69) is 73.1 Å². The first-order chi connectivity index (χ1) is 8.97. The van der Waals surface area contributed by atoms with Crippen molar-refractivity contribution in [3.05, 3.63) is 69.2 Å². The SMILES string of the molecule is Cc1ccc(CC(Br)c2cc(C)c(C)cc2Cl)cc1. The second-order valence-corrected chi connectivity index (χ2v) is 6.63. The molecule has 1 atom stereocenters. The van der Waals surface area contributed by atoms with E-state index < -0.39 is 0 Å². The number of hydrogen-bond donors (Lipinski definition) is 0. The van der Waals surface area contributed by atoms with Crippen molar-refractivity contribution in [2.45, 2.75) is 32.0 Å². The van der Waals surface area contributed by atoms with Crippen LogP contribution in [0, 0.1) is 20.8 Å². The van der Waals surface area contributed by atoms with Gasteiger partial charge in [0.1, 0.15) is 0 Å². The van der Waals surface area contributed by atoms with Gasteiger partial charge in [0.25, 0.3) is 0 Å². The van der Waals surface area contributed by atoms with E-state index in [1.807, 2.05) is 0 Å². The van der Waals surface area contributed by atoms with E-state index in [1.165, 1.54) is 27.8 Å². The Morgan fingerprint density at radius 1 is 1.00 bits per heavy atom. The summed E-state index contributed by atoms with van der Waals surface area (Å²) in [7, 11) is 0. The minimum Gasteiger partial charge on any atom is -0.0840 e. The van der Waals surface area contributed by atoms with Gasteiger partial charge in [0.2, 0.25) is 0 Å². The molecule has 0 aliphatic heterocycles. The van der Waals surface area contributed by atoms with Crippen LogP contribution in [0.1, 0.15) is 32.6 Å². The summed E-state index contributed by atoms with van der Waals surface area (Å²) in [6.07, 6.45) is 0.947. The first kappa shape index (κ1) is 14.6. The highest BCUT2D eigenvalue weighted by Gasteiger charge is 2.13. The van der Waals surface area contributed by atoms with Crippen LogP contribution in [0.15, 0.2) is 36.4 Å². The van der Waals surface area contributed by atoms with Crippen LogP contribution in [-0.2, 0) is 6.42 Å². The molecule has 0 saturated heterocycles. The highest BCUT2D eigenvalue weighted by molar-refractivity contribution is 9.09. The maximum atomic E-state index is 6.36. The molecule has 2 aromatic carbocycles. The maximum Gasteiger partial charge on any atom is 0.0452 e. The summed E-state index contributed by atoms with van der Waals surface area (Å²) >= 11 is 10.1. The van der Waals surface area contributed by atoms with Crippen LogP contribution in [0.2, 0.25) is 5.02 Å². The molecular formula is C17H18BrCl. The highest BCUT2D eigenvalue weighted by Crippen LogP contribution is 2.34. The molecule has 0 amide bonds. The van der Waals surface area contributed by atoms with E-state index >= 15 is 0 Å². The third-order valence-corrected chi connectivity index (χ3v) is 4.63. The standard InChI is InChI=1S/C17H18BrCl/c1-11-4-6-14(7-5-11)10-16(18)15-8-12(2)13(3)9-17(15)19/h4-9,16H,10H2,1-3H3. The zero-order chi connectivity index (χ0) is 14.0. The smallest absolute Gasteiger partial charge is 0.0452 e. The molecule has 0 saturated carbocycles. The fourth-order valence-electron chi connectivity index (χ4n) is 2.08. The lowest BCUT2D eigenvalue weighted by molar-refractivity contribution is 0.945. The van der Waals surface area contributed by atoms with Gasteiger partial charge in [-0.3, -0.25) is 0 Å². The number of halogens is 2. The van der Waals surface area contributed by atoms with Gasteiger partial charge in [-0.1, -0.05) is 63.4 Å². The fourth-order valence-corrected chi connectivity index (χ4v) is 3.32. The number of rotatable bonds is 3. The Kier molecular flexibility index (Phi) is 4.70. The van der Waals surface area contributed by atoms with Crippen molar-refractivity contribution in [1.29, 1.82) is 0 Å². The maximum absolute atomic E-state index is 6.36. The highest BCUT2D eigenvalue weighted by atomic mass is 79.9. The molecule has 0 radical (unpaired) electrons. The van der Waals surface area contributed by atoms with Crippen LogP contribution in [0.5, 0.6) is 0 Å². The Morgan fingerprint density at radius 3 is 2.21 bits per heavy atom. The fraction of sp³-hybridized carbons (Fsp3) is 0.294. The number of hydrogen-bond acceptors (Lipinski definition) is 0. The molecule has 100 valence electrons. The molecule has 19 heavy (non-hydrogen) atoms. The summed E-state index contributed by atoms with van der Waals surface area (Å²) in [6.45, 7) is 6.32. The van der Waals surface area contributed by atoms with Gasteiger partial charge in [0.15, 0.2) is 0 Å². The molecule has 0 aliphatic rings. The minimum atomic E-state index is 0.252. The van der Waals surface area contributed by atoms with Crippen LogP contribution >= 0.6 is 27.5 Å². The lowest BCUT2D eigenvalue weighted by Crippen LogP contribution is -1.98. The zero-order valence-electron chi connectivity index (χ0n) is 11.5. The quantitative estimate of drug-likeness (QED) is 0.608. The van der Waals surface area contributed by atoms with E-state index in [9.17, 15) is 0 Å². The van der Waals surface area contributed by atoms with Crippen molar-refractivity contribution in [2.24, 2.45) is 0 Å². The van der Waals surface area contributed by atoms with Crippen LogP contribution in [0.4, 0.5) is 0 Å². The van der Waals surface area contributed by atoms with Gasteiger partial charge < -0.3 is 0 Å². The summed E-state index contributed by atoms with van der Waals surface area (Å²) in [6, 6.07) is 12.9. The van der Waals surface area contributed by atoms with Crippen molar-refractivity contribution >= 4 is 27.5 Å². The van der Waals surface area contributed by atoms with Gasteiger partial charge in [0.05, 0.1) is 0 Å². The monoisotopic (exact) mass is 336 g/mol. The molecule has 0 spiro atoms. The Morgan fingerprint density at radius 2 is 1.58 bits per heavy atom. The van der Waals surface area contributed by atoms with Crippen LogP contribution in [0.25, 0.3) is 0 Å². The Bertz CT molecular complexity index is 573. The van der Waals surface area contributed by atoms with Crippen molar-refractivity contribution in [1.82, 2.24) is 0 Å². The second-order valence-electron chi connectivity index (χ2n) is 5.12. The normalized spacial score (nSPS) is 12.5. The predicted molar refractivity (Wildman–Crippen MR) is 87.5 cm³/mol. The number of benzene rings is 2. The minimum absolute atomic E-state index is 0.252. The average Bonchev–Trinajstić information content (AvgIpc) is 2.36. The van der Waals surface area contributed by atoms with E-state index in [1.54, 1.807) is 0 Å². The summed E-state index contributed by atoms with van der Waals surface area (Å²) in [5.41, 5.74) is 6.31. The Labute approximate surface area is 128 Å². The van der Waals surface area contributed by atoms with E-state index in [-0.39, 0.29) is 4.83 Å².